The van der Waals surface area contributed by atoms with Gasteiger partial charge in [0.05, 0.1) is 11.1 Å². The molecule has 0 N–H and O–H groups in total. The number of halogens is 6. The van der Waals surface area contributed by atoms with Crippen LogP contribution in [-0.4, -0.2) is 6.29 Å². The molecule has 0 saturated carbocycles. The Kier molecular flexibility index (Phi) is 3.22. The monoisotopic (exact) mass is 256 g/mol. The van der Waals surface area contributed by atoms with E-state index >= 15 is 0 Å². The summed E-state index contributed by atoms with van der Waals surface area (Å²) in [5, 5.41) is 0. The lowest BCUT2D eigenvalue weighted by Gasteiger charge is -2.17. The summed E-state index contributed by atoms with van der Waals surface area (Å²) < 4.78 is 74.8. The molecule has 0 aromatic heterocycles. The van der Waals surface area contributed by atoms with E-state index in [1.54, 1.807) is 0 Å². The quantitative estimate of drug-likeness (QED) is 0.551. The van der Waals surface area contributed by atoms with Crippen molar-refractivity contribution in [1.29, 1.82) is 0 Å². The molecule has 0 amide bonds. The predicted molar refractivity (Wildman–Crippen MR) is 46.6 cm³/mol. The number of alkyl halides is 6. The summed E-state index contributed by atoms with van der Waals surface area (Å²) in [7, 11) is 0. The Bertz CT molecular complexity index is 443. The van der Waals surface area contributed by atoms with Crippen LogP contribution in [-0.2, 0) is 12.4 Å². The van der Waals surface area contributed by atoms with E-state index in [9.17, 15) is 31.1 Å². The molecule has 1 aromatic carbocycles. The van der Waals surface area contributed by atoms with Crippen molar-refractivity contribution in [1.82, 2.24) is 0 Å². The number of carbonyl (C=O) groups is 1. The van der Waals surface area contributed by atoms with Gasteiger partial charge < -0.3 is 0 Å². The van der Waals surface area contributed by atoms with Gasteiger partial charge in [0.2, 0.25) is 0 Å². The highest BCUT2D eigenvalue weighted by Gasteiger charge is 2.41. The van der Waals surface area contributed by atoms with Crippen LogP contribution < -0.4 is 0 Å². The number of hydrogen-bond acceptors (Lipinski definition) is 1. The molecule has 17 heavy (non-hydrogen) atoms. The summed E-state index contributed by atoms with van der Waals surface area (Å²) in [4.78, 5) is 10.5. The number of rotatable bonds is 1. The van der Waals surface area contributed by atoms with E-state index in [0.29, 0.717) is 12.1 Å². The summed E-state index contributed by atoms with van der Waals surface area (Å²) in [6.07, 6.45) is -10.4. The highest BCUT2D eigenvalue weighted by molar-refractivity contribution is 5.81. The van der Waals surface area contributed by atoms with E-state index in [2.05, 4.69) is 0 Å². The highest BCUT2D eigenvalue weighted by Crippen LogP contribution is 2.40. The fourth-order valence-corrected chi connectivity index (χ4v) is 1.47. The zero-order chi connectivity index (χ0) is 13.4. The van der Waals surface area contributed by atoms with Crippen LogP contribution in [0.3, 0.4) is 0 Å². The van der Waals surface area contributed by atoms with E-state index in [1.165, 1.54) is 0 Å². The van der Waals surface area contributed by atoms with E-state index < -0.39 is 40.9 Å². The molecule has 0 fully saturated rings. The Labute approximate surface area is 92.0 Å². The van der Waals surface area contributed by atoms with Crippen molar-refractivity contribution in [3.63, 3.8) is 0 Å². The first-order valence-corrected chi connectivity index (χ1v) is 4.32. The zero-order valence-electron chi connectivity index (χ0n) is 8.41. The van der Waals surface area contributed by atoms with Crippen LogP contribution >= 0.6 is 0 Å². The molecule has 0 saturated heterocycles. The lowest BCUT2D eigenvalue weighted by molar-refractivity contribution is -0.143. The molecule has 94 valence electrons. The maximum Gasteiger partial charge on any atom is 0.417 e. The third-order valence-electron chi connectivity index (χ3n) is 2.16. The molecule has 0 bridgehead atoms. The third-order valence-corrected chi connectivity index (χ3v) is 2.16. The van der Waals surface area contributed by atoms with Crippen molar-refractivity contribution in [2.75, 3.05) is 0 Å². The van der Waals surface area contributed by atoms with Crippen LogP contribution in [0.15, 0.2) is 12.1 Å². The number of aldehydes is 1. The van der Waals surface area contributed by atoms with Gasteiger partial charge in [0, 0.05) is 5.56 Å². The number of carbonyl (C=O) groups excluding carboxylic acids is 1. The van der Waals surface area contributed by atoms with Crippen LogP contribution in [0.1, 0.15) is 27.0 Å². The Balaban J connectivity index is 3.66. The second-order valence-electron chi connectivity index (χ2n) is 3.33. The Morgan fingerprint density at radius 1 is 1.00 bits per heavy atom. The molecule has 0 radical (unpaired) electrons. The third kappa shape index (κ3) is 2.59. The van der Waals surface area contributed by atoms with Crippen molar-refractivity contribution < 1.29 is 31.1 Å². The molecular weight excluding hydrogens is 250 g/mol. The van der Waals surface area contributed by atoms with Gasteiger partial charge in [-0.1, -0.05) is 6.07 Å². The van der Waals surface area contributed by atoms with Crippen LogP contribution in [0.4, 0.5) is 26.3 Å². The molecule has 0 spiro atoms. The van der Waals surface area contributed by atoms with Crippen LogP contribution in [0.25, 0.3) is 0 Å². The molecule has 1 rings (SSSR count). The standard InChI is InChI=1S/C10H6F6O/c1-5-2-3-7(9(11,12)13)6(4-17)8(5)10(14,15)16/h2-4H,1H3. The van der Waals surface area contributed by atoms with E-state index in [4.69, 9.17) is 0 Å². The first-order chi connectivity index (χ1) is 7.59. The molecular formula is C10H6F6O. The molecule has 0 aliphatic heterocycles. The number of hydrogen-bond donors (Lipinski definition) is 0. The fourth-order valence-electron chi connectivity index (χ4n) is 1.47. The molecule has 1 aromatic rings. The summed E-state index contributed by atoms with van der Waals surface area (Å²) in [5.74, 6) is 0. The van der Waals surface area contributed by atoms with E-state index in [-0.39, 0.29) is 0 Å². The minimum absolute atomic E-state index is 0.418. The number of benzene rings is 1. The minimum atomic E-state index is -5.00. The molecule has 7 heteroatoms. The molecule has 0 aliphatic rings. The minimum Gasteiger partial charge on any atom is -0.298 e. The summed E-state index contributed by atoms with van der Waals surface area (Å²) in [6.45, 7) is 0.996. The lowest BCUT2D eigenvalue weighted by Crippen LogP contribution is -2.17. The Morgan fingerprint density at radius 2 is 1.53 bits per heavy atom. The first kappa shape index (κ1) is 13.5. The summed E-state index contributed by atoms with van der Waals surface area (Å²) in [5.41, 5.74) is -4.91. The SMILES string of the molecule is Cc1ccc(C(F)(F)F)c(C=O)c1C(F)(F)F. The molecule has 0 aliphatic carbocycles. The van der Waals surface area contributed by atoms with Crippen LogP contribution in [0.5, 0.6) is 0 Å². The van der Waals surface area contributed by atoms with E-state index in [0.717, 1.165) is 6.92 Å². The molecule has 0 atom stereocenters. The first-order valence-electron chi connectivity index (χ1n) is 4.32. The highest BCUT2D eigenvalue weighted by atomic mass is 19.4. The van der Waals surface area contributed by atoms with Gasteiger partial charge in [-0.3, -0.25) is 4.79 Å². The van der Waals surface area contributed by atoms with Crippen molar-refractivity contribution in [3.05, 3.63) is 34.4 Å². The second-order valence-corrected chi connectivity index (χ2v) is 3.33. The van der Waals surface area contributed by atoms with Gasteiger partial charge in [0.1, 0.15) is 0 Å². The van der Waals surface area contributed by atoms with E-state index in [1.807, 2.05) is 0 Å². The lowest BCUT2D eigenvalue weighted by atomic mass is 9.96. The largest absolute Gasteiger partial charge is 0.417 e. The van der Waals surface area contributed by atoms with Gasteiger partial charge >= 0.3 is 12.4 Å². The summed E-state index contributed by atoms with van der Waals surface area (Å²) in [6, 6.07) is 1.16. The maximum absolute atomic E-state index is 12.5. The van der Waals surface area contributed by atoms with Gasteiger partial charge in [-0.25, -0.2) is 0 Å². The number of aryl methyl sites for hydroxylation is 1. The van der Waals surface area contributed by atoms with Crippen molar-refractivity contribution in [2.24, 2.45) is 0 Å². The topological polar surface area (TPSA) is 17.1 Å². The van der Waals surface area contributed by atoms with Gasteiger partial charge in [0.15, 0.2) is 6.29 Å². The van der Waals surface area contributed by atoms with Gasteiger partial charge in [-0.05, 0) is 18.6 Å². The van der Waals surface area contributed by atoms with Crippen molar-refractivity contribution in [3.8, 4) is 0 Å². The van der Waals surface area contributed by atoms with Crippen molar-refractivity contribution >= 4 is 6.29 Å². The van der Waals surface area contributed by atoms with Gasteiger partial charge in [-0.2, -0.15) is 26.3 Å². The summed E-state index contributed by atoms with van der Waals surface area (Å²) >= 11 is 0. The van der Waals surface area contributed by atoms with Crippen LogP contribution in [0, 0.1) is 6.92 Å². The Hall–Kier alpha value is -1.53. The average Bonchev–Trinajstić information content (AvgIpc) is 2.12. The van der Waals surface area contributed by atoms with Gasteiger partial charge in [0.25, 0.3) is 0 Å². The zero-order valence-corrected chi connectivity index (χ0v) is 8.41. The smallest absolute Gasteiger partial charge is 0.298 e. The average molecular weight is 256 g/mol. The van der Waals surface area contributed by atoms with Crippen LogP contribution in [0.2, 0.25) is 0 Å². The maximum atomic E-state index is 12.5. The molecule has 1 nitrogen and oxygen atoms in total. The Morgan fingerprint density at radius 3 is 1.88 bits per heavy atom. The molecule has 0 heterocycles. The van der Waals surface area contributed by atoms with Crippen molar-refractivity contribution in [2.45, 2.75) is 19.3 Å². The normalized spacial score (nSPS) is 12.6. The predicted octanol–water partition coefficient (Wildman–Crippen LogP) is 3.85. The second kappa shape index (κ2) is 4.05. The fraction of sp³-hybridized carbons (Fsp3) is 0.300. The van der Waals surface area contributed by atoms with Gasteiger partial charge in [-0.15, -0.1) is 0 Å². The molecule has 0 unspecified atom stereocenters.